The Labute approximate surface area is 95.9 Å². The minimum Gasteiger partial charge on any atom is -0.508 e. The molecule has 1 N–H and O–H groups in total. The van der Waals surface area contributed by atoms with Gasteiger partial charge in [0.15, 0.2) is 0 Å². The quantitative estimate of drug-likeness (QED) is 0.840. The van der Waals surface area contributed by atoms with E-state index in [4.69, 9.17) is 5.26 Å². The lowest BCUT2D eigenvalue weighted by atomic mass is 9.95. The summed E-state index contributed by atoms with van der Waals surface area (Å²) < 4.78 is 0. The average Bonchev–Trinajstić information content (AvgIpc) is 3.01. The van der Waals surface area contributed by atoms with Crippen molar-refractivity contribution in [1.82, 2.24) is 4.90 Å². The number of hydrogen-bond acceptors (Lipinski definition) is 3. The Hall–Kier alpha value is -1.53. The van der Waals surface area contributed by atoms with Gasteiger partial charge in [0.1, 0.15) is 5.75 Å². The second-order valence-corrected chi connectivity index (χ2v) is 4.78. The van der Waals surface area contributed by atoms with Gasteiger partial charge in [0.2, 0.25) is 0 Å². The van der Waals surface area contributed by atoms with Crippen molar-refractivity contribution in [1.29, 1.82) is 5.26 Å². The van der Waals surface area contributed by atoms with E-state index in [0.717, 1.165) is 24.0 Å². The number of phenols is 1. The predicted molar refractivity (Wildman–Crippen MR) is 62.0 cm³/mol. The molecule has 0 amide bonds. The number of nitriles is 1. The van der Waals surface area contributed by atoms with E-state index in [1.165, 1.54) is 0 Å². The van der Waals surface area contributed by atoms with Crippen LogP contribution in [0.1, 0.15) is 24.0 Å². The highest BCUT2D eigenvalue weighted by atomic mass is 16.3. The third-order valence-corrected chi connectivity index (χ3v) is 3.08. The van der Waals surface area contributed by atoms with Gasteiger partial charge >= 0.3 is 0 Å². The standard InChI is InChI=1S/C13H16N2O/c1-15(2)8-10-7-11(3-4-12(10)16)13(9-14)5-6-13/h3-4,7,16H,5-6,8H2,1-2H3. The summed E-state index contributed by atoms with van der Waals surface area (Å²) in [5.41, 5.74) is 1.67. The lowest BCUT2D eigenvalue weighted by molar-refractivity contribution is 0.385. The Morgan fingerprint density at radius 1 is 1.44 bits per heavy atom. The Bertz CT molecular complexity index is 442. The number of aromatic hydroxyl groups is 1. The molecule has 0 aliphatic heterocycles. The first kappa shape index (κ1) is 11.0. The second-order valence-electron chi connectivity index (χ2n) is 4.78. The van der Waals surface area contributed by atoms with E-state index in [0.29, 0.717) is 12.3 Å². The molecule has 0 heterocycles. The van der Waals surface area contributed by atoms with Crippen LogP contribution >= 0.6 is 0 Å². The van der Waals surface area contributed by atoms with Gasteiger partial charge in [0.05, 0.1) is 11.5 Å². The van der Waals surface area contributed by atoms with E-state index in [-0.39, 0.29) is 5.41 Å². The van der Waals surface area contributed by atoms with Gasteiger partial charge in [-0.25, -0.2) is 0 Å². The summed E-state index contributed by atoms with van der Waals surface area (Å²) in [7, 11) is 3.92. The highest BCUT2D eigenvalue weighted by molar-refractivity contribution is 5.45. The van der Waals surface area contributed by atoms with Gasteiger partial charge in [-0.05, 0) is 44.6 Å². The van der Waals surface area contributed by atoms with Crippen molar-refractivity contribution in [2.45, 2.75) is 24.8 Å². The highest BCUT2D eigenvalue weighted by Gasteiger charge is 2.45. The fraction of sp³-hybridized carbons (Fsp3) is 0.462. The molecule has 1 aliphatic rings. The van der Waals surface area contributed by atoms with Crippen LogP contribution in [0.3, 0.4) is 0 Å². The smallest absolute Gasteiger partial charge is 0.120 e. The van der Waals surface area contributed by atoms with E-state index in [1.807, 2.05) is 31.1 Å². The second kappa shape index (κ2) is 3.80. The molecule has 0 aromatic heterocycles. The van der Waals surface area contributed by atoms with Crippen LogP contribution in [0.15, 0.2) is 18.2 Å². The summed E-state index contributed by atoms with van der Waals surface area (Å²) in [6, 6.07) is 7.90. The van der Waals surface area contributed by atoms with Crippen LogP contribution in [-0.4, -0.2) is 24.1 Å². The molecule has 2 rings (SSSR count). The lowest BCUT2D eigenvalue weighted by Gasteiger charge is -2.14. The molecular weight excluding hydrogens is 200 g/mol. The Morgan fingerprint density at radius 3 is 2.62 bits per heavy atom. The molecule has 3 heteroatoms. The zero-order valence-electron chi connectivity index (χ0n) is 9.70. The van der Waals surface area contributed by atoms with Crippen molar-refractivity contribution in [2.24, 2.45) is 0 Å². The molecule has 0 unspecified atom stereocenters. The van der Waals surface area contributed by atoms with Crippen LogP contribution in [-0.2, 0) is 12.0 Å². The third-order valence-electron chi connectivity index (χ3n) is 3.08. The van der Waals surface area contributed by atoms with Crippen LogP contribution in [0.5, 0.6) is 5.75 Å². The first-order chi connectivity index (χ1) is 7.57. The SMILES string of the molecule is CN(C)Cc1cc(C2(C#N)CC2)ccc1O. The molecule has 3 nitrogen and oxygen atoms in total. The maximum atomic E-state index is 9.73. The van der Waals surface area contributed by atoms with E-state index < -0.39 is 0 Å². The fourth-order valence-electron chi connectivity index (χ4n) is 1.94. The summed E-state index contributed by atoms with van der Waals surface area (Å²) in [5, 5.41) is 18.9. The van der Waals surface area contributed by atoms with E-state index in [1.54, 1.807) is 6.07 Å². The molecule has 1 saturated carbocycles. The van der Waals surface area contributed by atoms with Crippen LogP contribution in [0.25, 0.3) is 0 Å². The van der Waals surface area contributed by atoms with Gasteiger partial charge in [-0.3, -0.25) is 0 Å². The van der Waals surface area contributed by atoms with Crippen molar-refractivity contribution in [3.8, 4) is 11.8 Å². The molecule has 1 aromatic carbocycles. The summed E-state index contributed by atoms with van der Waals surface area (Å²) in [5.74, 6) is 0.311. The van der Waals surface area contributed by atoms with Crippen molar-refractivity contribution < 1.29 is 5.11 Å². The van der Waals surface area contributed by atoms with Crippen molar-refractivity contribution in [2.75, 3.05) is 14.1 Å². The minimum atomic E-state index is -0.269. The van der Waals surface area contributed by atoms with Gasteiger partial charge in [-0.1, -0.05) is 6.07 Å². The molecule has 84 valence electrons. The Kier molecular flexibility index (Phi) is 2.61. The molecule has 0 atom stereocenters. The Balaban J connectivity index is 2.33. The van der Waals surface area contributed by atoms with Gasteiger partial charge in [-0.2, -0.15) is 5.26 Å². The number of rotatable bonds is 3. The normalized spacial score (nSPS) is 17.1. The predicted octanol–water partition coefficient (Wildman–Crippen LogP) is 2.01. The highest BCUT2D eigenvalue weighted by Crippen LogP contribution is 2.48. The number of phenolic OH excluding ortho intramolecular Hbond substituents is 1. The van der Waals surface area contributed by atoms with E-state index in [9.17, 15) is 5.11 Å². The van der Waals surface area contributed by atoms with Crippen molar-refractivity contribution in [3.05, 3.63) is 29.3 Å². The maximum absolute atomic E-state index is 9.73. The average molecular weight is 216 g/mol. The minimum absolute atomic E-state index is 0.269. The summed E-state index contributed by atoms with van der Waals surface area (Å²) >= 11 is 0. The third kappa shape index (κ3) is 1.89. The molecule has 0 radical (unpaired) electrons. The van der Waals surface area contributed by atoms with Gasteiger partial charge < -0.3 is 10.0 Å². The molecule has 16 heavy (non-hydrogen) atoms. The van der Waals surface area contributed by atoms with Crippen LogP contribution in [0.4, 0.5) is 0 Å². The largest absolute Gasteiger partial charge is 0.508 e. The first-order valence-electron chi connectivity index (χ1n) is 5.46. The number of nitrogens with zero attached hydrogens (tertiary/aromatic N) is 2. The number of hydrogen-bond donors (Lipinski definition) is 1. The van der Waals surface area contributed by atoms with Crippen LogP contribution in [0.2, 0.25) is 0 Å². The summed E-state index contributed by atoms with van der Waals surface area (Å²) in [6.07, 6.45) is 1.88. The van der Waals surface area contributed by atoms with Crippen molar-refractivity contribution in [3.63, 3.8) is 0 Å². The summed E-state index contributed by atoms with van der Waals surface area (Å²) in [4.78, 5) is 2.00. The van der Waals surface area contributed by atoms with Crippen LogP contribution < -0.4 is 0 Å². The summed E-state index contributed by atoms with van der Waals surface area (Å²) in [6.45, 7) is 0.696. The molecular formula is C13H16N2O. The van der Waals surface area contributed by atoms with Gasteiger partial charge in [0.25, 0.3) is 0 Å². The molecule has 0 saturated heterocycles. The van der Waals surface area contributed by atoms with Crippen molar-refractivity contribution >= 4 is 0 Å². The molecule has 0 bridgehead atoms. The first-order valence-corrected chi connectivity index (χ1v) is 5.46. The zero-order chi connectivity index (χ0) is 11.8. The Morgan fingerprint density at radius 2 is 2.12 bits per heavy atom. The zero-order valence-corrected chi connectivity index (χ0v) is 9.70. The lowest BCUT2D eigenvalue weighted by Crippen LogP contribution is -2.12. The van der Waals surface area contributed by atoms with Gasteiger partial charge in [0, 0.05) is 12.1 Å². The fourth-order valence-corrected chi connectivity index (χ4v) is 1.94. The molecule has 0 spiro atoms. The molecule has 1 aromatic rings. The van der Waals surface area contributed by atoms with Gasteiger partial charge in [-0.15, -0.1) is 0 Å². The molecule has 1 fully saturated rings. The van der Waals surface area contributed by atoms with E-state index >= 15 is 0 Å². The van der Waals surface area contributed by atoms with E-state index in [2.05, 4.69) is 6.07 Å². The number of benzene rings is 1. The maximum Gasteiger partial charge on any atom is 0.120 e. The topological polar surface area (TPSA) is 47.3 Å². The van der Waals surface area contributed by atoms with Crippen LogP contribution in [0, 0.1) is 11.3 Å². The molecule has 1 aliphatic carbocycles. The monoisotopic (exact) mass is 216 g/mol.